The summed E-state index contributed by atoms with van der Waals surface area (Å²) in [5, 5.41) is 14.1. The monoisotopic (exact) mass is 362 g/mol. The number of aromatic amines is 1. The predicted octanol–water partition coefficient (Wildman–Crippen LogP) is 2.33. The Bertz CT molecular complexity index is 879. The number of rotatable bonds is 3. The third kappa shape index (κ3) is 2.95. The van der Waals surface area contributed by atoms with Crippen LogP contribution in [0.3, 0.4) is 0 Å². The lowest BCUT2D eigenvalue weighted by Crippen LogP contribution is -2.35. The molecule has 2 aliphatic rings. The molecule has 1 aliphatic heterocycles. The van der Waals surface area contributed by atoms with Crippen molar-refractivity contribution < 1.29 is 14.6 Å². The quantitative estimate of drug-likeness (QED) is 0.781. The lowest BCUT2D eigenvalue weighted by Gasteiger charge is -2.18. The van der Waals surface area contributed by atoms with Crippen LogP contribution in [0.5, 0.6) is 5.75 Å². The normalized spacial score (nSPS) is 22.9. The van der Waals surface area contributed by atoms with E-state index in [-0.39, 0.29) is 17.4 Å². The Hall–Kier alpha value is -1.86. The number of thiophene rings is 1. The molecule has 25 heavy (non-hydrogen) atoms. The maximum atomic E-state index is 12.5. The first-order valence-electron chi connectivity index (χ1n) is 8.84. The number of carbonyl (C=O) groups excluding carboxylic acids is 1. The molecule has 1 aliphatic carbocycles. The zero-order valence-electron chi connectivity index (χ0n) is 14.2. The number of H-pyrrole nitrogens is 1. The topological polar surface area (TPSA) is 91.4 Å². The van der Waals surface area contributed by atoms with Gasteiger partial charge in [-0.3, -0.25) is 9.59 Å². The summed E-state index contributed by atoms with van der Waals surface area (Å²) < 4.78 is 5.48. The number of aryl methyl sites for hydroxylation is 1. The van der Waals surface area contributed by atoms with E-state index in [0.29, 0.717) is 29.3 Å². The minimum atomic E-state index is -0.541. The second kappa shape index (κ2) is 6.46. The lowest BCUT2D eigenvalue weighted by atomic mass is 9.89. The molecule has 0 bridgehead atoms. The zero-order valence-corrected chi connectivity index (χ0v) is 15.0. The van der Waals surface area contributed by atoms with Crippen LogP contribution in [0.15, 0.2) is 4.79 Å². The average molecular weight is 362 g/mol. The van der Waals surface area contributed by atoms with Crippen molar-refractivity contribution in [2.45, 2.75) is 45.1 Å². The van der Waals surface area contributed by atoms with Crippen LogP contribution in [0, 0.1) is 5.92 Å². The first-order chi connectivity index (χ1) is 12.0. The number of pyridine rings is 1. The van der Waals surface area contributed by atoms with Crippen molar-refractivity contribution in [2.75, 3.05) is 13.2 Å². The van der Waals surface area contributed by atoms with Gasteiger partial charge in [0.25, 0.3) is 11.5 Å². The fraction of sp³-hybridized carbons (Fsp3) is 0.556. The van der Waals surface area contributed by atoms with Gasteiger partial charge in [0.05, 0.1) is 11.5 Å². The number of nitrogens with one attached hydrogen (secondary N) is 2. The zero-order chi connectivity index (χ0) is 17.6. The number of carbonyl (C=O) groups is 1. The van der Waals surface area contributed by atoms with Gasteiger partial charge in [0.15, 0.2) is 0 Å². The third-order valence-electron chi connectivity index (χ3n) is 5.18. The lowest BCUT2D eigenvalue weighted by molar-refractivity contribution is 0.0854. The molecule has 7 heteroatoms. The molecule has 2 aromatic heterocycles. The van der Waals surface area contributed by atoms with Crippen LogP contribution in [0.4, 0.5) is 0 Å². The first-order valence-corrected chi connectivity index (χ1v) is 9.65. The van der Waals surface area contributed by atoms with E-state index in [4.69, 9.17) is 4.74 Å². The van der Waals surface area contributed by atoms with E-state index in [1.54, 1.807) is 0 Å². The van der Waals surface area contributed by atoms with E-state index in [0.717, 1.165) is 37.7 Å². The first kappa shape index (κ1) is 16.6. The van der Waals surface area contributed by atoms with Gasteiger partial charge in [-0.2, -0.15) is 0 Å². The van der Waals surface area contributed by atoms with E-state index in [2.05, 4.69) is 17.2 Å². The van der Waals surface area contributed by atoms with E-state index >= 15 is 0 Å². The van der Waals surface area contributed by atoms with Gasteiger partial charge in [0.2, 0.25) is 0 Å². The highest BCUT2D eigenvalue weighted by atomic mass is 32.1. The third-order valence-corrected chi connectivity index (χ3v) is 6.35. The van der Waals surface area contributed by atoms with Gasteiger partial charge < -0.3 is 20.1 Å². The Morgan fingerprint density at radius 1 is 1.44 bits per heavy atom. The molecule has 3 N–H and O–H groups in total. The van der Waals surface area contributed by atoms with Gasteiger partial charge in [-0.05, 0) is 43.6 Å². The molecule has 134 valence electrons. The summed E-state index contributed by atoms with van der Waals surface area (Å²) in [7, 11) is 0. The minimum Gasteiger partial charge on any atom is -0.506 e. The van der Waals surface area contributed by atoms with Gasteiger partial charge in [0, 0.05) is 18.0 Å². The van der Waals surface area contributed by atoms with Crippen molar-refractivity contribution in [3.63, 3.8) is 0 Å². The Labute approximate surface area is 149 Å². The standard InChI is InChI=1S/C18H22N2O4S/c1-9-4-5-11-12(7-9)25-18-13(11)15(21)14(17(23)20-18)16(22)19-8-10-3-2-6-24-10/h9-10H,2-8H2,1H3,(H,19,22)(H2,20,21,23)/t9-,10-/m0/s1. The molecular weight excluding hydrogens is 340 g/mol. The smallest absolute Gasteiger partial charge is 0.265 e. The Morgan fingerprint density at radius 2 is 2.28 bits per heavy atom. The number of hydrogen-bond donors (Lipinski definition) is 3. The molecule has 6 nitrogen and oxygen atoms in total. The summed E-state index contributed by atoms with van der Waals surface area (Å²) in [6.07, 6.45) is 4.75. The van der Waals surface area contributed by atoms with Crippen LogP contribution in [0.2, 0.25) is 0 Å². The molecule has 0 saturated carbocycles. The van der Waals surface area contributed by atoms with Gasteiger partial charge in [-0.25, -0.2) is 0 Å². The molecular formula is C18H22N2O4S. The van der Waals surface area contributed by atoms with E-state index in [1.165, 1.54) is 16.2 Å². The van der Waals surface area contributed by atoms with E-state index < -0.39 is 11.5 Å². The minimum absolute atomic E-state index is 0.00991. The highest BCUT2D eigenvalue weighted by molar-refractivity contribution is 7.18. The van der Waals surface area contributed by atoms with Crippen molar-refractivity contribution in [1.82, 2.24) is 10.3 Å². The van der Waals surface area contributed by atoms with Crippen LogP contribution in [0.1, 0.15) is 47.0 Å². The molecule has 4 rings (SSSR count). The van der Waals surface area contributed by atoms with Crippen molar-refractivity contribution in [3.8, 4) is 5.75 Å². The SMILES string of the molecule is C[C@H]1CCc2c(sc3[nH]c(=O)c(C(=O)NC[C@@H]4CCCO4)c(O)c23)C1. The summed E-state index contributed by atoms with van der Waals surface area (Å²) in [4.78, 5) is 29.5. The molecule has 0 unspecified atom stereocenters. The summed E-state index contributed by atoms with van der Waals surface area (Å²) >= 11 is 1.52. The van der Waals surface area contributed by atoms with Crippen LogP contribution < -0.4 is 10.9 Å². The summed E-state index contributed by atoms with van der Waals surface area (Å²) in [5.74, 6) is -0.125. The molecule has 0 radical (unpaired) electrons. The number of fused-ring (bicyclic) bond motifs is 3. The second-order valence-corrected chi connectivity index (χ2v) is 8.18. The molecule has 1 saturated heterocycles. The Morgan fingerprint density at radius 3 is 3.04 bits per heavy atom. The fourth-order valence-corrected chi connectivity index (χ4v) is 5.21. The maximum Gasteiger partial charge on any atom is 0.265 e. The summed E-state index contributed by atoms with van der Waals surface area (Å²) in [6, 6.07) is 0. The predicted molar refractivity (Wildman–Crippen MR) is 96.6 cm³/mol. The van der Waals surface area contributed by atoms with Crippen LogP contribution >= 0.6 is 11.3 Å². The van der Waals surface area contributed by atoms with Crippen LogP contribution in [-0.2, 0) is 17.6 Å². The van der Waals surface area contributed by atoms with Crippen molar-refractivity contribution >= 4 is 27.5 Å². The van der Waals surface area contributed by atoms with Crippen molar-refractivity contribution in [1.29, 1.82) is 0 Å². The number of aromatic hydroxyl groups is 1. The number of aromatic nitrogens is 1. The molecule has 1 fully saturated rings. The number of hydrogen-bond acceptors (Lipinski definition) is 5. The van der Waals surface area contributed by atoms with Crippen molar-refractivity contribution in [3.05, 3.63) is 26.4 Å². The van der Waals surface area contributed by atoms with Gasteiger partial charge >= 0.3 is 0 Å². The largest absolute Gasteiger partial charge is 0.506 e. The summed E-state index contributed by atoms with van der Waals surface area (Å²) in [6.45, 7) is 3.27. The molecule has 2 aromatic rings. The number of amides is 1. The highest BCUT2D eigenvalue weighted by Gasteiger charge is 2.27. The van der Waals surface area contributed by atoms with Gasteiger partial charge in [-0.15, -0.1) is 11.3 Å². The molecule has 0 spiro atoms. The van der Waals surface area contributed by atoms with E-state index in [9.17, 15) is 14.7 Å². The van der Waals surface area contributed by atoms with Crippen molar-refractivity contribution in [2.24, 2.45) is 5.92 Å². The number of ether oxygens (including phenoxy) is 1. The molecule has 1 amide bonds. The molecule has 3 heterocycles. The summed E-state index contributed by atoms with van der Waals surface area (Å²) in [5.41, 5.74) is 0.353. The molecule has 2 atom stereocenters. The maximum absolute atomic E-state index is 12.5. The highest BCUT2D eigenvalue weighted by Crippen LogP contribution is 2.41. The average Bonchev–Trinajstić information content (AvgIpc) is 3.19. The Kier molecular flexibility index (Phi) is 4.29. The van der Waals surface area contributed by atoms with Gasteiger partial charge in [0.1, 0.15) is 16.1 Å². The molecule has 0 aromatic carbocycles. The van der Waals surface area contributed by atoms with Crippen LogP contribution in [0.25, 0.3) is 10.2 Å². The van der Waals surface area contributed by atoms with E-state index in [1.807, 2.05) is 0 Å². The van der Waals surface area contributed by atoms with Gasteiger partial charge in [-0.1, -0.05) is 6.92 Å². The van der Waals surface area contributed by atoms with Crippen LogP contribution in [-0.4, -0.2) is 35.3 Å². The Balaban J connectivity index is 1.69. The fourth-order valence-electron chi connectivity index (χ4n) is 3.80. The second-order valence-electron chi connectivity index (χ2n) is 7.08.